The van der Waals surface area contributed by atoms with Crippen molar-refractivity contribution in [2.75, 3.05) is 24.6 Å². The molecule has 1 saturated heterocycles. The molecule has 11 heteroatoms. The number of aryl methyl sites for hydroxylation is 2. The van der Waals surface area contributed by atoms with Crippen molar-refractivity contribution < 1.29 is 13.2 Å². The standard InChI is InChI=1S/C20H31N5O5S/c1-4-5-8-24-18-17(19(27)22-20(24)28)25(13-14(2)3)15(21-18)6-7-16(26)23-9-11-31(29,30)12-10-23/h14H,4-13H2,1-3H3,(H,22,27,28). The topological polar surface area (TPSA) is 127 Å². The summed E-state index contributed by atoms with van der Waals surface area (Å²) in [6, 6.07) is 0. The number of hydrogen-bond donors (Lipinski definition) is 1. The first kappa shape index (κ1) is 23.2. The number of sulfone groups is 1. The summed E-state index contributed by atoms with van der Waals surface area (Å²) >= 11 is 0. The minimum Gasteiger partial charge on any atom is -0.341 e. The Hall–Kier alpha value is -2.43. The van der Waals surface area contributed by atoms with Crippen LogP contribution in [0.15, 0.2) is 9.59 Å². The van der Waals surface area contributed by atoms with E-state index in [1.165, 1.54) is 4.57 Å². The van der Waals surface area contributed by atoms with Gasteiger partial charge in [-0.3, -0.25) is 19.1 Å². The molecule has 0 aromatic carbocycles. The third-order valence-corrected chi connectivity index (χ3v) is 7.12. The Bertz CT molecular complexity index is 1160. The Kier molecular flexibility index (Phi) is 7.03. The van der Waals surface area contributed by atoms with E-state index in [2.05, 4.69) is 9.97 Å². The van der Waals surface area contributed by atoms with Crippen LogP contribution >= 0.6 is 0 Å². The van der Waals surface area contributed by atoms with Gasteiger partial charge < -0.3 is 9.47 Å². The van der Waals surface area contributed by atoms with Crippen molar-refractivity contribution in [1.29, 1.82) is 0 Å². The summed E-state index contributed by atoms with van der Waals surface area (Å²) in [4.78, 5) is 46.2. The van der Waals surface area contributed by atoms with Crippen molar-refractivity contribution in [1.82, 2.24) is 24.0 Å². The van der Waals surface area contributed by atoms with Crippen LogP contribution in [0.4, 0.5) is 0 Å². The first-order chi connectivity index (χ1) is 14.6. The third kappa shape index (κ3) is 5.25. The molecule has 0 saturated carbocycles. The van der Waals surface area contributed by atoms with Gasteiger partial charge in [-0.25, -0.2) is 18.2 Å². The number of carbonyl (C=O) groups excluding carboxylic acids is 1. The predicted octanol–water partition coefficient (Wildman–Crippen LogP) is 0.532. The summed E-state index contributed by atoms with van der Waals surface area (Å²) in [6.45, 7) is 7.49. The Morgan fingerprint density at radius 1 is 1.16 bits per heavy atom. The van der Waals surface area contributed by atoms with Gasteiger partial charge in [-0.15, -0.1) is 0 Å². The molecule has 3 rings (SSSR count). The lowest BCUT2D eigenvalue weighted by Gasteiger charge is -2.26. The maximum Gasteiger partial charge on any atom is 0.330 e. The average molecular weight is 454 g/mol. The molecule has 0 bridgehead atoms. The second kappa shape index (κ2) is 9.37. The fourth-order valence-electron chi connectivity index (χ4n) is 3.83. The van der Waals surface area contributed by atoms with E-state index in [-0.39, 0.29) is 42.8 Å². The number of unbranched alkanes of at least 4 members (excludes halogenated alkanes) is 1. The van der Waals surface area contributed by atoms with Gasteiger partial charge in [-0.05, 0) is 12.3 Å². The largest absolute Gasteiger partial charge is 0.341 e. The molecule has 1 aliphatic rings. The highest BCUT2D eigenvalue weighted by molar-refractivity contribution is 7.91. The number of aromatic nitrogens is 4. The summed E-state index contributed by atoms with van der Waals surface area (Å²) in [6.07, 6.45) is 2.15. The van der Waals surface area contributed by atoms with Gasteiger partial charge in [0, 0.05) is 39.0 Å². The van der Waals surface area contributed by atoms with E-state index in [9.17, 15) is 22.8 Å². The number of imidazole rings is 1. The minimum absolute atomic E-state index is 0.0102. The fraction of sp³-hybridized carbons (Fsp3) is 0.700. The predicted molar refractivity (Wildman–Crippen MR) is 118 cm³/mol. The Labute approximate surface area is 181 Å². The summed E-state index contributed by atoms with van der Waals surface area (Å²) in [5, 5.41) is 0. The number of rotatable bonds is 8. The molecule has 2 aromatic rings. The molecule has 0 atom stereocenters. The number of aromatic amines is 1. The number of H-pyrrole nitrogens is 1. The van der Waals surface area contributed by atoms with Crippen LogP contribution in [-0.2, 0) is 34.1 Å². The molecule has 0 unspecified atom stereocenters. The molecule has 10 nitrogen and oxygen atoms in total. The van der Waals surface area contributed by atoms with Crippen LogP contribution in [0.25, 0.3) is 11.2 Å². The molecule has 0 spiro atoms. The van der Waals surface area contributed by atoms with Gasteiger partial charge in [-0.1, -0.05) is 27.2 Å². The smallest absolute Gasteiger partial charge is 0.330 e. The first-order valence-corrected chi connectivity index (χ1v) is 12.7. The van der Waals surface area contributed by atoms with Crippen molar-refractivity contribution in [3.05, 3.63) is 26.7 Å². The second-order valence-electron chi connectivity index (χ2n) is 8.50. The molecule has 3 heterocycles. The van der Waals surface area contributed by atoms with E-state index in [1.807, 2.05) is 25.3 Å². The van der Waals surface area contributed by atoms with Gasteiger partial charge in [-0.2, -0.15) is 0 Å². The van der Waals surface area contributed by atoms with Crippen LogP contribution in [0.3, 0.4) is 0 Å². The highest BCUT2D eigenvalue weighted by Gasteiger charge is 2.26. The van der Waals surface area contributed by atoms with E-state index in [4.69, 9.17) is 0 Å². The molecule has 0 radical (unpaired) electrons. The monoisotopic (exact) mass is 453 g/mol. The number of nitrogens with one attached hydrogen (secondary N) is 1. The normalized spacial score (nSPS) is 16.3. The van der Waals surface area contributed by atoms with E-state index in [0.29, 0.717) is 36.5 Å². The lowest BCUT2D eigenvalue weighted by Crippen LogP contribution is -2.43. The fourth-order valence-corrected chi connectivity index (χ4v) is 5.03. The zero-order chi connectivity index (χ0) is 22.8. The van der Waals surface area contributed by atoms with Crippen molar-refractivity contribution in [3.8, 4) is 0 Å². The van der Waals surface area contributed by atoms with Gasteiger partial charge in [0.15, 0.2) is 21.0 Å². The maximum absolute atomic E-state index is 12.6. The summed E-state index contributed by atoms with van der Waals surface area (Å²) < 4.78 is 26.5. The molecular weight excluding hydrogens is 422 g/mol. The number of amides is 1. The van der Waals surface area contributed by atoms with Crippen LogP contribution < -0.4 is 11.2 Å². The van der Waals surface area contributed by atoms with Crippen molar-refractivity contribution in [3.63, 3.8) is 0 Å². The van der Waals surface area contributed by atoms with Gasteiger partial charge >= 0.3 is 5.69 Å². The molecule has 0 aliphatic carbocycles. The number of carbonyl (C=O) groups is 1. The van der Waals surface area contributed by atoms with Crippen molar-refractivity contribution in [2.24, 2.45) is 5.92 Å². The van der Waals surface area contributed by atoms with E-state index >= 15 is 0 Å². The highest BCUT2D eigenvalue weighted by Crippen LogP contribution is 2.17. The maximum atomic E-state index is 12.6. The molecule has 1 aliphatic heterocycles. The zero-order valence-corrected chi connectivity index (χ0v) is 19.2. The molecule has 172 valence electrons. The minimum atomic E-state index is -3.06. The lowest BCUT2D eigenvalue weighted by atomic mass is 10.2. The van der Waals surface area contributed by atoms with Crippen LogP contribution in [0, 0.1) is 5.92 Å². The number of nitrogens with zero attached hydrogens (tertiary/aromatic N) is 4. The molecule has 1 N–H and O–H groups in total. The van der Waals surface area contributed by atoms with E-state index < -0.39 is 21.1 Å². The summed E-state index contributed by atoms with van der Waals surface area (Å²) in [5.74, 6) is 0.667. The van der Waals surface area contributed by atoms with Crippen molar-refractivity contribution >= 4 is 26.9 Å². The SMILES string of the molecule is CCCCn1c(=O)[nH]c(=O)c2c1nc(CCC(=O)N1CCS(=O)(=O)CC1)n2CC(C)C. The highest BCUT2D eigenvalue weighted by atomic mass is 32.2. The average Bonchev–Trinajstić information content (AvgIpc) is 3.03. The van der Waals surface area contributed by atoms with Gasteiger partial charge in [0.1, 0.15) is 5.82 Å². The second-order valence-corrected chi connectivity index (χ2v) is 10.8. The lowest BCUT2D eigenvalue weighted by molar-refractivity contribution is -0.130. The van der Waals surface area contributed by atoms with Crippen molar-refractivity contribution in [2.45, 2.75) is 59.5 Å². The van der Waals surface area contributed by atoms with Gasteiger partial charge in [0.2, 0.25) is 5.91 Å². The zero-order valence-electron chi connectivity index (χ0n) is 18.4. The van der Waals surface area contributed by atoms with Crippen LogP contribution in [-0.4, -0.2) is 62.9 Å². The quantitative estimate of drug-likeness (QED) is 0.621. The van der Waals surface area contributed by atoms with Gasteiger partial charge in [0.05, 0.1) is 11.5 Å². The first-order valence-electron chi connectivity index (χ1n) is 10.8. The molecule has 2 aromatic heterocycles. The summed E-state index contributed by atoms with van der Waals surface area (Å²) in [5.41, 5.74) is -0.234. The molecule has 1 amide bonds. The number of hydrogen-bond acceptors (Lipinski definition) is 6. The number of fused-ring (bicyclic) bond motifs is 1. The summed E-state index contributed by atoms with van der Waals surface area (Å²) in [7, 11) is -3.06. The Morgan fingerprint density at radius 2 is 1.84 bits per heavy atom. The molecular formula is C20H31N5O5S. The Morgan fingerprint density at radius 3 is 2.45 bits per heavy atom. The van der Waals surface area contributed by atoms with Crippen LogP contribution in [0.5, 0.6) is 0 Å². The van der Waals surface area contributed by atoms with Crippen LogP contribution in [0.1, 0.15) is 45.9 Å². The molecule has 31 heavy (non-hydrogen) atoms. The van der Waals surface area contributed by atoms with E-state index in [1.54, 1.807) is 4.90 Å². The third-order valence-electron chi connectivity index (χ3n) is 5.51. The van der Waals surface area contributed by atoms with E-state index in [0.717, 1.165) is 12.8 Å². The van der Waals surface area contributed by atoms with Crippen LogP contribution in [0.2, 0.25) is 0 Å². The molecule has 1 fully saturated rings. The Balaban J connectivity index is 1.91. The van der Waals surface area contributed by atoms with Gasteiger partial charge in [0.25, 0.3) is 5.56 Å².